The molecule has 1 aliphatic carbocycles. The van der Waals surface area contributed by atoms with Gasteiger partial charge in [-0.15, -0.1) is 0 Å². The highest BCUT2D eigenvalue weighted by Gasteiger charge is 2.33. The van der Waals surface area contributed by atoms with Gasteiger partial charge in [0, 0.05) is 43.7 Å². The summed E-state index contributed by atoms with van der Waals surface area (Å²) in [7, 11) is 0. The van der Waals surface area contributed by atoms with Crippen LogP contribution in [0, 0.1) is 23.2 Å². The highest BCUT2D eigenvalue weighted by atomic mass is 16.2. The van der Waals surface area contributed by atoms with Gasteiger partial charge in [0.05, 0.1) is 11.6 Å². The molecule has 7 nitrogen and oxygen atoms in total. The van der Waals surface area contributed by atoms with Crippen LogP contribution in [0.5, 0.6) is 0 Å². The number of anilines is 1. The highest BCUT2D eigenvalue weighted by molar-refractivity contribution is 5.92. The minimum Gasteiger partial charge on any atom is -0.342 e. The van der Waals surface area contributed by atoms with E-state index in [4.69, 9.17) is 5.26 Å². The third-order valence-corrected chi connectivity index (χ3v) is 5.50. The molecule has 7 heteroatoms. The topological polar surface area (TPSA) is 93.5 Å². The molecule has 0 radical (unpaired) electrons. The van der Waals surface area contributed by atoms with E-state index in [0.717, 1.165) is 19.3 Å². The quantitative estimate of drug-likeness (QED) is 0.817. The van der Waals surface area contributed by atoms with Crippen molar-refractivity contribution in [1.29, 1.82) is 5.26 Å². The number of nitrogens with zero attached hydrogens (tertiary/aromatic N) is 3. The summed E-state index contributed by atoms with van der Waals surface area (Å²) >= 11 is 0. The molecule has 1 aliphatic heterocycles. The maximum absolute atomic E-state index is 12.7. The van der Waals surface area contributed by atoms with Gasteiger partial charge in [-0.1, -0.05) is 0 Å². The lowest BCUT2D eigenvalue weighted by molar-refractivity contribution is -0.140. The Bertz CT molecular complexity index is 725. The molecule has 142 valence electrons. The maximum atomic E-state index is 12.7. The van der Waals surface area contributed by atoms with Crippen molar-refractivity contribution in [2.75, 3.05) is 31.5 Å². The van der Waals surface area contributed by atoms with Gasteiger partial charge >= 0.3 is 0 Å². The van der Waals surface area contributed by atoms with E-state index in [1.165, 1.54) is 0 Å². The van der Waals surface area contributed by atoms with Crippen LogP contribution >= 0.6 is 0 Å². The second-order valence-electron chi connectivity index (χ2n) is 7.19. The molecular weight excluding hydrogens is 344 g/mol. The number of carbonyl (C=O) groups excluding carboxylic acids is 3. The Balaban J connectivity index is 1.46. The van der Waals surface area contributed by atoms with Crippen molar-refractivity contribution in [2.24, 2.45) is 11.8 Å². The number of carbonyl (C=O) groups is 3. The minimum atomic E-state index is -0.0865. The van der Waals surface area contributed by atoms with E-state index < -0.39 is 0 Å². The zero-order valence-corrected chi connectivity index (χ0v) is 15.3. The average Bonchev–Trinajstić information content (AvgIpc) is 2.74. The summed E-state index contributed by atoms with van der Waals surface area (Å²) < 4.78 is 0. The van der Waals surface area contributed by atoms with Crippen molar-refractivity contribution in [3.63, 3.8) is 0 Å². The standard InChI is InChI=1S/C20H24N4O3/c21-13-15-1-7-18(8-2-15)22-19(26)16-3-5-17(6-4-16)20(27)24-11-9-23(14-25)10-12-24/h1-2,7-8,14,16-17H,3-6,9-12H2,(H,22,26). The van der Waals surface area contributed by atoms with Crippen LogP contribution in [-0.2, 0) is 14.4 Å². The fraction of sp³-hybridized carbons (Fsp3) is 0.500. The predicted octanol–water partition coefficient (Wildman–Crippen LogP) is 1.60. The number of piperazine rings is 1. The lowest BCUT2D eigenvalue weighted by atomic mass is 9.80. The molecule has 1 heterocycles. The zero-order valence-electron chi connectivity index (χ0n) is 15.3. The van der Waals surface area contributed by atoms with E-state index in [-0.39, 0.29) is 23.7 Å². The number of nitrogens with one attached hydrogen (secondary N) is 1. The monoisotopic (exact) mass is 368 g/mol. The Morgan fingerprint density at radius 2 is 1.59 bits per heavy atom. The third kappa shape index (κ3) is 4.64. The summed E-state index contributed by atoms with van der Waals surface area (Å²) in [5.74, 6) is 0.0278. The largest absolute Gasteiger partial charge is 0.342 e. The molecule has 0 aromatic heterocycles. The Hall–Kier alpha value is -2.88. The van der Waals surface area contributed by atoms with Crippen molar-refractivity contribution >= 4 is 23.9 Å². The van der Waals surface area contributed by atoms with E-state index in [0.29, 0.717) is 50.3 Å². The van der Waals surface area contributed by atoms with Crippen LogP contribution in [0.15, 0.2) is 24.3 Å². The Morgan fingerprint density at radius 3 is 2.15 bits per heavy atom. The second-order valence-corrected chi connectivity index (χ2v) is 7.19. The molecule has 1 N–H and O–H groups in total. The van der Waals surface area contributed by atoms with E-state index in [2.05, 4.69) is 11.4 Å². The SMILES string of the molecule is N#Cc1ccc(NC(=O)C2CCC(C(=O)N3CCN(C=O)CC3)CC2)cc1. The first kappa shape index (κ1) is 18.9. The molecule has 1 saturated carbocycles. The van der Waals surface area contributed by atoms with Crippen molar-refractivity contribution in [1.82, 2.24) is 9.80 Å². The van der Waals surface area contributed by atoms with Gasteiger partial charge in [-0.25, -0.2) is 0 Å². The summed E-state index contributed by atoms with van der Waals surface area (Å²) in [5, 5.41) is 11.7. The first-order chi connectivity index (χ1) is 13.1. The first-order valence-electron chi connectivity index (χ1n) is 9.40. The number of hydrogen-bond donors (Lipinski definition) is 1. The smallest absolute Gasteiger partial charge is 0.227 e. The van der Waals surface area contributed by atoms with Gasteiger partial charge in [-0.2, -0.15) is 5.26 Å². The maximum Gasteiger partial charge on any atom is 0.227 e. The van der Waals surface area contributed by atoms with Crippen LogP contribution in [0.25, 0.3) is 0 Å². The number of hydrogen-bond acceptors (Lipinski definition) is 4. The van der Waals surface area contributed by atoms with Gasteiger partial charge in [-0.3, -0.25) is 14.4 Å². The van der Waals surface area contributed by atoms with Crippen LogP contribution in [0.1, 0.15) is 31.2 Å². The summed E-state index contributed by atoms with van der Waals surface area (Å²) in [5.41, 5.74) is 1.24. The number of nitriles is 1. The van der Waals surface area contributed by atoms with Crippen molar-refractivity contribution in [3.05, 3.63) is 29.8 Å². The van der Waals surface area contributed by atoms with Crippen LogP contribution in [0.3, 0.4) is 0 Å². The summed E-state index contributed by atoms with van der Waals surface area (Å²) in [6, 6.07) is 8.86. The fourth-order valence-electron chi connectivity index (χ4n) is 3.78. The Morgan fingerprint density at radius 1 is 1.00 bits per heavy atom. The van der Waals surface area contributed by atoms with E-state index in [1.807, 2.05) is 4.90 Å². The van der Waals surface area contributed by atoms with Crippen LogP contribution in [0.4, 0.5) is 5.69 Å². The average molecular weight is 368 g/mol. The van der Waals surface area contributed by atoms with E-state index in [1.54, 1.807) is 29.2 Å². The molecule has 1 aromatic carbocycles. The minimum absolute atomic E-state index is 0.0215. The number of amides is 3. The molecule has 2 aliphatic rings. The zero-order chi connectivity index (χ0) is 19.2. The summed E-state index contributed by atoms with van der Waals surface area (Å²) in [4.78, 5) is 39.4. The van der Waals surface area contributed by atoms with Crippen molar-refractivity contribution in [2.45, 2.75) is 25.7 Å². The second kappa shape index (κ2) is 8.67. The molecule has 2 fully saturated rings. The Labute approximate surface area is 158 Å². The molecule has 3 amide bonds. The molecular formula is C20H24N4O3. The van der Waals surface area contributed by atoms with Crippen molar-refractivity contribution < 1.29 is 14.4 Å². The molecule has 3 rings (SSSR count). The van der Waals surface area contributed by atoms with Gasteiger partial charge < -0.3 is 15.1 Å². The molecule has 0 atom stereocenters. The van der Waals surface area contributed by atoms with Crippen LogP contribution in [-0.4, -0.2) is 54.2 Å². The van der Waals surface area contributed by atoms with Crippen molar-refractivity contribution in [3.8, 4) is 6.07 Å². The molecule has 0 spiro atoms. The molecule has 1 saturated heterocycles. The summed E-state index contributed by atoms with van der Waals surface area (Å²) in [6.45, 7) is 2.38. The van der Waals surface area contributed by atoms with Crippen LogP contribution in [0.2, 0.25) is 0 Å². The Kier molecular flexibility index (Phi) is 6.07. The molecule has 1 aromatic rings. The van der Waals surface area contributed by atoms with Gasteiger partial charge in [0.2, 0.25) is 18.2 Å². The lowest BCUT2D eigenvalue weighted by Crippen LogP contribution is -2.50. The number of benzene rings is 1. The molecule has 0 unspecified atom stereocenters. The fourth-order valence-corrected chi connectivity index (χ4v) is 3.78. The molecule has 0 bridgehead atoms. The highest BCUT2D eigenvalue weighted by Crippen LogP contribution is 2.31. The summed E-state index contributed by atoms with van der Waals surface area (Å²) in [6.07, 6.45) is 3.68. The third-order valence-electron chi connectivity index (χ3n) is 5.50. The van der Waals surface area contributed by atoms with Gasteiger partial charge in [0.25, 0.3) is 0 Å². The normalized spacial score (nSPS) is 22.6. The first-order valence-corrected chi connectivity index (χ1v) is 9.40. The van der Waals surface area contributed by atoms with E-state index in [9.17, 15) is 14.4 Å². The van der Waals surface area contributed by atoms with Crippen LogP contribution < -0.4 is 5.32 Å². The van der Waals surface area contributed by atoms with Gasteiger partial charge in [0.15, 0.2) is 0 Å². The van der Waals surface area contributed by atoms with Gasteiger partial charge in [0.1, 0.15) is 0 Å². The molecule has 27 heavy (non-hydrogen) atoms. The van der Waals surface area contributed by atoms with E-state index >= 15 is 0 Å². The lowest BCUT2D eigenvalue weighted by Gasteiger charge is -2.36. The predicted molar refractivity (Wildman–Crippen MR) is 99.5 cm³/mol. The number of rotatable bonds is 4. The van der Waals surface area contributed by atoms with Gasteiger partial charge in [-0.05, 0) is 49.9 Å².